The van der Waals surface area contributed by atoms with Crippen LogP contribution in [0.15, 0.2) is 23.2 Å². The molecule has 5 nitrogen and oxygen atoms in total. The van der Waals surface area contributed by atoms with Gasteiger partial charge in [-0.05, 0) is 56.2 Å². The molecular weight excluding hydrogens is 312 g/mol. The summed E-state index contributed by atoms with van der Waals surface area (Å²) in [7, 11) is 2.17. The number of amides is 2. The molecule has 132 valence electrons. The van der Waals surface area contributed by atoms with Gasteiger partial charge in [-0.1, -0.05) is 12.1 Å². The molecule has 0 spiro atoms. The summed E-state index contributed by atoms with van der Waals surface area (Å²) in [6, 6.07) is 7.04. The number of piperidine rings is 1. The van der Waals surface area contributed by atoms with E-state index in [1.54, 1.807) is 0 Å². The van der Waals surface area contributed by atoms with E-state index in [0.29, 0.717) is 6.04 Å². The minimum absolute atomic E-state index is 0.0483. The number of carbonyl (C=O) groups excluding carboxylic acids is 1. The normalized spacial score (nSPS) is 24.1. The van der Waals surface area contributed by atoms with Crippen LogP contribution in [0.25, 0.3) is 11.1 Å². The van der Waals surface area contributed by atoms with E-state index in [1.807, 2.05) is 25.0 Å². The fourth-order valence-corrected chi connectivity index (χ4v) is 4.48. The number of benzene rings is 1. The molecule has 5 heteroatoms. The van der Waals surface area contributed by atoms with Crippen molar-refractivity contribution < 1.29 is 4.79 Å². The molecule has 2 aliphatic heterocycles. The molecule has 0 bridgehead atoms. The number of nitrogens with one attached hydrogen (secondary N) is 1. The van der Waals surface area contributed by atoms with Crippen molar-refractivity contribution in [2.24, 2.45) is 4.99 Å². The molecule has 1 saturated heterocycles. The van der Waals surface area contributed by atoms with Crippen LogP contribution in [0.2, 0.25) is 0 Å². The van der Waals surface area contributed by atoms with Gasteiger partial charge in [-0.3, -0.25) is 9.89 Å². The molecule has 1 aromatic carbocycles. The molecule has 2 amide bonds. The number of likely N-dealkylation sites (tertiary alicyclic amines) is 1. The molecule has 3 aliphatic rings. The lowest BCUT2D eigenvalue weighted by molar-refractivity contribution is 0.184. The topological polar surface area (TPSA) is 47.9 Å². The van der Waals surface area contributed by atoms with E-state index in [0.717, 1.165) is 38.2 Å². The van der Waals surface area contributed by atoms with Gasteiger partial charge in [0.15, 0.2) is 0 Å². The molecule has 0 radical (unpaired) electrons. The highest BCUT2D eigenvalue weighted by atomic mass is 16.2. The van der Waals surface area contributed by atoms with Gasteiger partial charge in [0.05, 0.1) is 5.69 Å². The van der Waals surface area contributed by atoms with E-state index in [-0.39, 0.29) is 12.1 Å². The highest BCUT2D eigenvalue weighted by Gasteiger charge is 2.34. The van der Waals surface area contributed by atoms with Crippen LogP contribution in [0.1, 0.15) is 26.7 Å². The van der Waals surface area contributed by atoms with E-state index in [9.17, 15) is 4.79 Å². The van der Waals surface area contributed by atoms with E-state index in [4.69, 9.17) is 0 Å². The molecule has 0 unspecified atom stereocenters. The summed E-state index contributed by atoms with van der Waals surface area (Å²) in [5.41, 5.74) is 3.90. The van der Waals surface area contributed by atoms with Gasteiger partial charge in [-0.2, -0.15) is 0 Å². The van der Waals surface area contributed by atoms with Crippen molar-refractivity contribution in [2.45, 2.75) is 38.8 Å². The molecule has 0 aromatic heterocycles. The average molecular weight is 338 g/mol. The Balaban J connectivity index is 1.68. The van der Waals surface area contributed by atoms with E-state index in [2.05, 4.69) is 40.5 Å². The Morgan fingerprint density at radius 2 is 2.12 bits per heavy atom. The quantitative estimate of drug-likeness (QED) is 0.901. The Kier molecular flexibility index (Phi) is 4.12. The van der Waals surface area contributed by atoms with Crippen molar-refractivity contribution >= 4 is 29.1 Å². The van der Waals surface area contributed by atoms with Crippen LogP contribution in [0.5, 0.6) is 0 Å². The summed E-state index contributed by atoms with van der Waals surface area (Å²) in [5, 5.41) is 5.89. The zero-order valence-electron chi connectivity index (χ0n) is 15.2. The van der Waals surface area contributed by atoms with Gasteiger partial charge >= 0.3 is 6.03 Å². The first-order valence-corrected chi connectivity index (χ1v) is 9.27. The first-order valence-electron chi connectivity index (χ1n) is 9.27. The summed E-state index contributed by atoms with van der Waals surface area (Å²) in [6.45, 7) is 6.41. The Hall–Kier alpha value is -2.14. The number of likely N-dealkylation sites (N-methyl/N-ethyl adjacent to an activating group) is 1. The highest BCUT2D eigenvalue weighted by Crippen LogP contribution is 2.30. The minimum Gasteiger partial charge on any atom is -0.334 e. The maximum atomic E-state index is 12.5. The highest BCUT2D eigenvalue weighted by molar-refractivity contribution is 6.08. The molecule has 25 heavy (non-hydrogen) atoms. The number of hydrogen-bond donors (Lipinski definition) is 1. The van der Waals surface area contributed by atoms with Crippen LogP contribution in [-0.4, -0.2) is 60.8 Å². The average Bonchev–Trinajstić information content (AvgIpc) is 3.02. The number of carbonyl (C=O) groups is 1. The minimum atomic E-state index is 0.0483. The van der Waals surface area contributed by atoms with Crippen LogP contribution in [0, 0.1) is 0 Å². The van der Waals surface area contributed by atoms with Crippen LogP contribution in [-0.2, 0) is 0 Å². The molecule has 0 saturated carbocycles. The number of rotatable bonds is 3. The SMILES string of the molecule is CCN(CC)C(=O)N[C@H]1CC2=c3cccc4c3=C(C=N4)C[C@H]2N(C)C1. The Bertz CT molecular complexity index is 853. The second kappa shape index (κ2) is 6.30. The van der Waals surface area contributed by atoms with Gasteiger partial charge in [0, 0.05) is 43.2 Å². The standard InChI is InChI=1S/C20H26N4O/c1-4-24(5-2)20(25)22-14-10-16-15-7-6-8-17-19(15)13(11-21-17)9-18(16)23(3)12-14/h6-8,11,14,18H,4-5,9-10,12H2,1-3H3,(H,22,25)/t14-,18+/m0/s1. The lowest BCUT2D eigenvalue weighted by Crippen LogP contribution is -2.56. The second-order valence-electron chi connectivity index (χ2n) is 7.19. The third kappa shape index (κ3) is 2.67. The monoisotopic (exact) mass is 338 g/mol. The summed E-state index contributed by atoms with van der Waals surface area (Å²) >= 11 is 0. The third-order valence-corrected chi connectivity index (χ3v) is 5.77. The molecule has 1 aromatic rings. The summed E-state index contributed by atoms with van der Waals surface area (Å²) in [5.74, 6) is 0. The molecule has 1 N–H and O–H groups in total. The zero-order valence-corrected chi connectivity index (χ0v) is 15.2. The van der Waals surface area contributed by atoms with E-state index in [1.165, 1.54) is 21.6 Å². The fourth-order valence-electron chi connectivity index (χ4n) is 4.48. The Morgan fingerprint density at radius 3 is 2.88 bits per heavy atom. The number of aliphatic imine (C=N–C) groups is 1. The second-order valence-corrected chi connectivity index (χ2v) is 7.19. The Morgan fingerprint density at radius 1 is 1.32 bits per heavy atom. The molecular formula is C20H26N4O. The van der Waals surface area contributed by atoms with Crippen molar-refractivity contribution in [3.8, 4) is 0 Å². The number of nitrogens with zero attached hydrogens (tertiary/aromatic N) is 3. The third-order valence-electron chi connectivity index (χ3n) is 5.77. The lowest BCUT2D eigenvalue weighted by atomic mass is 9.83. The predicted octanol–water partition coefficient (Wildman–Crippen LogP) is 1.23. The van der Waals surface area contributed by atoms with E-state index >= 15 is 0 Å². The van der Waals surface area contributed by atoms with Gasteiger partial charge in [0.25, 0.3) is 0 Å². The largest absolute Gasteiger partial charge is 0.334 e. The number of hydrogen-bond acceptors (Lipinski definition) is 3. The fraction of sp³-hybridized carbons (Fsp3) is 0.500. The van der Waals surface area contributed by atoms with Crippen molar-refractivity contribution in [1.82, 2.24) is 15.1 Å². The first kappa shape index (κ1) is 16.3. The predicted molar refractivity (Wildman–Crippen MR) is 102 cm³/mol. The van der Waals surface area contributed by atoms with E-state index < -0.39 is 0 Å². The molecule has 2 atom stereocenters. The molecule has 1 aliphatic carbocycles. The summed E-state index contributed by atoms with van der Waals surface area (Å²) in [4.78, 5) is 21.3. The van der Waals surface area contributed by atoms with Crippen molar-refractivity contribution in [3.63, 3.8) is 0 Å². The van der Waals surface area contributed by atoms with Gasteiger partial charge < -0.3 is 10.2 Å². The Labute approximate surface area is 148 Å². The number of urea groups is 1. The van der Waals surface area contributed by atoms with Gasteiger partial charge in [-0.15, -0.1) is 0 Å². The van der Waals surface area contributed by atoms with Crippen LogP contribution < -0.4 is 15.8 Å². The maximum absolute atomic E-state index is 12.5. The van der Waals surface area contributed by atoms with Gasteiger partial charge in [0.2, 0.25) is 0 Å². The molecule has 1 fully saturated rings. The molecule has 2 heterocycles. The van der Waals surface area contributed by atoms with Crippen molar-refractivity contribution in [3.05, 3.63) is 28.6 Å². The van der Waals surface area contributed by atoms with Gasteiger partial charge in [0.1, 0.15) is 0 Å². The lowest BCUT2D eigenvalue weighted by Gasteiger charge is -2.41. The molecule has 4 rings (SSSR count). The summed E-state index contributed by atoms with van der Waals surface area (Å²) < 4.78 is 0. The van der Waals surface area contributed by atoms with Crippen molar-refractivity contribution in [1.29, 1.82) is 0 Å². The zero-order chi connectivity index (χ0) is 17.6. The maximum Gasteiger partial charge on any atom is 0.317 e. The summed E-state index contributed by atoms with van der Waals surface area (Å²) in [6.07, 6.45) is 3.98. The van der Waals surface area contributed by atoms with Crippen LogP contribution in [0.3, 0.4) is 0 Å². The van der Waals surface area contributed by atoms with Crippen LogP contribution >= 0.6 is 0 Å². The van der Waals surface area contributed by atoms with Crippen LogP contribution in [0.4, 0.5) is 10.5 Å². The van der Waals surface area contributed by atoms with Crippen molar-refractivity contribution in [2.75, 3.05) is 26.7 Å². The number of fused-ring (bicyclic) bond motifs is 1. The van der Waals surface area contributed by atoms with Gasteiger partial charge in [-0.25, -0.2) is 4.79 Å². The smallest absolute Gasteiger partial charge is 0.317 e. The first-order chi connectivity index (χ1) is 12.1.